The fraction of sp³-hybridized carbons (Fsp3) is 0.308. The number of rotatable bonds is 6. The van der Waals surface area contributed by atoms with Crippen LogP contribution in [0.5, 0.6) is 0 Å². The van der Waals surface area contributed by atoms with Gasteiger partial charge in [-0.1, -0.05) is 25.3 Å². The van der Waals surface area contributed by atoms with Crippen molar-refractivity contribution in [3.05, 3.63) is 47.8 Å². The maximum absolute atomic E-state index is 10.7. The third-order valence-electron chi connectivity index (χ3n) is 2.29. The average Bonchev–Trinajstić information content (AvgIpc) is 2.26. The third kappa shape index (κ3) is 3.98. The number of allylic oxidation sites excluding steroid dienone is 5. The molecule has 0 N–H and O–H groups in total. The topological polar surface area (TPSA) is 26.3 Å². The van der Waals surface area contributed by atoms with Gasteiger partial charge in [0.2, 0.25) is 0 Å². The molecule has 0 aliphatic rings. The van der Waals surface area contributed by atoms with Gasteiger partial charge in [0, 0.05) is 5.57 Å². The summed E-state index contributed by atoms with van der Waals surface area (Å²) in [4.78, 5) is 10.7. The van der Waals surface area contributed by atoms with E-state index < -0.39 is 0 Å². The summed E-state index contributed by atoms with van der Waals surface area (Å²) < 4.78 is 5.39. The first kappa shape index (κ1) is 13.4. The minimum Gasteiger partial charge on any atom is -0.494 e. The molecule has 0 aromatic rings. The van der Waals surface area contributed by atoms with Gasteiger partial charge < -0.3 is 4.74 Å². The van der Waals surface area contributed by atoms with Crippen LogP contribution in [0, 0.1) is 0 Å². The number of hydrogen-bond donors (Lipinski definition) is 0. The van der Waals surface area contributed by atoms with Crippen LogP contribution < -0.4 is 0 Å². The van der Waals surface area contributed by atoms with Gasteiger partial charge >= 0.3 is 0 Å². The molecule has 0 spiro atoms. The molecule has 0 radical (unpaired) electrons. The molecule has 82 valence electrons. The van der Waals surface area contributed by atoms with Crippen LogP contribution in [0.25, 0.3) is 0 Å². The second kappa shape index (κ2) is 6.82. The van der Waals surface area contributed by atoms with E-state index in [9.17, 15) is 4.79 Å². The quantitative estimate of drug-likeness (QED) is 0.219. The maximum atomic E-state index is 10.7. The molecule has 0 atom stereocenters. The smallest absolute Gasteiger partial charge is 0.150 e. The summed E-state index contributed by atoms with van der Waals surface area (Å²) in [5.41, 5.74) is 2.44. The summed E-state index contributed by atoms with van der Waals surface area (Å²) >= 11 is 0. The van der Waals surface area contributed by atoms with Gasteiger partial charge in [-0.2, -0.15) is 0 Å². The van der Waals surface area contributed by atoms with E-state index >= 15 is 0 Å². The molecule has 0 aliphatic carbocycles. The van der Waals surface area contributed by atoms with E-state index in [1.807, 2.05) is 20.8 Å². The lowest BCUT2D eigenvalue weighted by atomic mass is 10.0. The molecule has 0 heterocycles. The summed E-state index contributed by atoms with van der Waals surface area (Å²) in [5.74, 6) is 0.800. The fourth-order valence-corrected chi connectivity index (χ4v) is 1.06. The van der Waals surface area contributed by atoms with Gasteiger partial charge in [0.15, 0.2) is 0 Å². The lowest BCUT2D eigenvalue weighted by molar-refractivity contribution is -0.104. The first-order valence-electron chi connectivity index (χ1n) is 4.78. The lowest BCUT2D eigenvalue weighted by Gasteiger charge is -2.10. The molecular formula is C13H18O2. The monoisotopic (exact) mass is 206 g/mol. The van der Waals surface area contributed by atoms with Gasteiger partial charge in [-0.05, 0) is 31.9 Å². The Morgan fingerprint density at radius 1 is 1.20 bits per heavy atom. The van der Waals surface area contributed by atoms with Crippen molar-refractivity contribution >= 4 is 6.29 Å². The summed E-state index contributed by atoms with van der Waals surface area (Å²) in [6, 6.07) is 0. The molecule has 0 aliphatic heterocycles. The predicted octanol–water partition coefficient (Wildman–Crippen LogP) is 3.18. The Labute approximate surface area is 91.6 Å². The van der Waals surface area contributed by atoms with Crippen LogP contribution in [0.15, 0.2) is 47.8 Å². The van der Waals surface area contributed by atoms with Crippen molar-refractivity contribution < 1.29 is 9.53 Å². The van der Waals surface area contributed by atoms with Gasteiger partial charge in [-0.3, -0.25) is 4.79 Å². The molecule has 15 heavy (non-hydrogen) atoms. The molecule has 0 saturated heterocycles. The Bertz CT molecular complexity index is 309. The summed E-state index contributed by atoms with van der Waals surface area (Å²) in [5, 5.41) is 0. The Hall–Kier alpha value is -1.57. The van der Waals surface area contributed by atoms with Gasteiger partial charge in [0.1, 0.15) is 12.9 Å². The molecule has 0 rings (SSSR count). The molecule has 0 fully saturated rings. The van der Waals surface area contributed by atoms with Crippen LogP contribution in [0.1, 0.15) is 20.8 Å². The highest BCUT2D eigenvalue weighted by Crippen LogP contribution is 2.18. The lowest BCUT2D eigenvalue weighted by Crippen LogP contribution is -1.96. The summed E-state index contributed by atoms with van der Waals surface area (Å²) in [7, 11) is 0. The number of aldehydes is 1. The van der Waals surface area contributed by atoms with E-state index in [2.05, 4.69) is 13.2 Å². The first-order valence-corrected chi connectivity index (χ1v) is 4.78. The van der Waals surface area contributed by atoms with Crippen LogP contribution in [0.2, 0.25) is 0 Å². The Morgan fingerprint density at radius 3 is 2.20 bits per heavy atom. The highest BCUT2D eigenvalue weighted by molar-refractivity contribution is 5.79. The summed E-state index contributed by atoms with van der Waals surface area (Å²) in [6.07, 6.45) is 4.03. The van der Waals surface area contributed by atoms with E-state index in [1.165, 1.54) is 0 Å². The van der Waals surface area contributed by atoms with E-state index in [4.69, 9.17) is 4.74 Å². The Balaban J connectivity index is 5.03. The van der Waals surface area contributed by atoms with Gasteiger partial charge in [-0.25, -0.2) is 0 Å². The zero-order chi connectivity index (χ0) is 11.8. The molecule has 2 heteroatoms. The molecule has 0 unspecified atom stereocenters. The highest BCUT2D eigenvalue weighted by Gasteiger charge is 2.04. The molecule has 2 nitrogen and oxygen atoms in total. The van der Waals surface area contributed by atoms with Gasteiger partial charge in [-0.15, -0.1) is 0 Å². The van der Waals surface area contributed by atoms with Crippen molar-refractivity contribution in [1.82, 2.24) is 0 Å². The largest absolute Gasteiger partial charge is 0.494 e. The van der Waals surface area contributed by atoms with E-state index in [0.717, 1.165) is 23.2 Å². The van der Waals surface area contributed by atoms with Crippen LogP contribution in [-0.4, -0.2) is 12.9 Å². The standard InChI is InChI=1S/C13H18O2/c1-6-8-15-12(5)10(3)11(4)13(7-2)9-14/h6-7,9H,1-2,8H2,3-5H3/b12-10+,13-11+. The van der Waals surface area contributed by atoms with Crippen molar-refractivity contribution in [2.45, 2.75) is 20.8 Å². The Kier molecular flexibility index (Phi) is 6.11. The SMILES string of the molecule is C=CCO/C(C)=C(C)/C(C)=C(\C=C)C=O. The van der Waals surface area contributed by atoms with E-state index in [0.29, 0.717) is 12.2 Å². The number of carbonyl (C=O) groups excluding carboxylic acids is 1. The molecule has 0 aromatic carbocycles. The molecule has 0 saturated carbocycles. The number of hydrogen-bond acceptors (Lipinski definition) is 2. The van der Waals surface area contributed by atoms with Gasteiger partial charge in [0.05, 0.1) is 5.76 Å². The normalized spacial score (nSPS) is 13.5. The maximum Gasteiger partial charge on any atom is 0.150 e. The second-order valence-corrected chi connectivity index (χ2v) is 3.18. The highest BCUT2D eigenvalue weighted by atomic mass is 16.5. The third-order valence-corrected chi connectivity index (χ3v) is 2.29. The van der Waals surface area contributed by atoms with E-state index in [-0.39, 0.29) is 0 Å². The summed E-state index contributed by atoms with van der Waals surface area (Å²) in [6.45, 7) is 13.3. The fourth-order valence-electron chi connectivity index (χ4n) is 1.06. The van der Waals surface area contributed by atoms with Crippen molar-refractivity contribution in [2.24, 2.45) is 0 Å². The molecule has 0 amide bonds. The van der Waals surface area contributed by atoms with Crippen LogP contribution in [0.3, 0.4) is 0 Å². The minimum atomic E-state index is 0.473. The number of ether oxygens (including phenoxy) is 1. The minimum absolute atomic E-state index is 0.473. The van der Waals surface area contributed by atoms with E-state index in [1.54, 1.807) is 12.2 Å². The van der Waals surface area contributed by atoms with Gasteiger partial charge in [0.25, 0.3) is 0 Å². The molecular weight excluding hydrogens is 188 g/mol. The predicted molar refractivity (Wildman–Crippen MR) is 63.5 cm³/mol. The molecule has 0 bridgehead atoms. The number of carbonyl (C=O) groups is 1. The van der Waals surface area contributed by atoms with Crippen LogP contribution in [-0.2, 0) is 9.53 Å². The first-order chi connectivity index (χ1) is 7.08. The van der Waals surface area contributed by atoms with Crippen molar-refractivity contribution in [3.63, 3.8) is 0 Å². The van der Waals surface area contributed by atoms with Crippen LogP contribution >= 0.6 is 0 Å². The van der Waals surface area contributed by atoms with Crippen molar-refractivity contribution in [3.8, 4) is 0 Å². The van der Waals surface area contributed by atoms with Crippen LogP contribution in [0.4, 0.5) is 0 Å². The second-order valence-electron chi connectivity index (χ2n) is 3.18. The Morgan fingerprint density at radius 2 is 1.80 bits per heavy atom. The van der Waals surface area contributed by atoms with Crippen molar-refractivity contribution in [2.75, 3.05) is 6.61 Å². The molecule has 0 aromatic heterocycles. The zero-order valence-electron chi connectivity index (χ0n) is 9.67. The van der Waals surface area contributed by atoms with Crippen molar-refractivity contribution in [1.29, 1.82) is 0 Å². The average molecular weight is 206 g/mol. The zero-order valence-corrected chi connectivity index (χ0v) is 9.67.